The highest BCUT2D eigenvalue weighted by molar-refractivity contribution is 14.0. The number of aliphatic imine (C=N–C) groups is 1. The lowest BCUT2D eigenvalue weighted by Crippen LogP contribution is -2.45. The van der Waals surface area contributed by atoms with Gasteiger partial charge in [0.2, 0.25) is 0 Å². The summed E-state index contributed by atoms with van der Waals surface area (Å²) in [6.07, 6.45) is 5.58. The molecule has 160 valence electrons. The van der Waals surface area contributed by atoms with Crippen molar-refractivity contribution in [3.05, 3.63) is 35.9 Å². The molecule has 0 atom stereocenters. The summed E-state index contributed by atoms with van der Waals surface area (Å²) in [6.45, 7) is 8.72. The van der Waals surface area contributed by atoms with E-state index in [9.17, 15) is 0 Å². The van der Waals surface area contributed by atoms with Crippen LogP contribution >= 0.6 is 24.0 Å². The zero-order chi connectivity index (χ0) is 19.4. The highest BCUT2D eigenvalue weighted by Crippen LogP contribution is 2.30. The summed E-state index contributed by atoms with van der Waals surface area (Å²) < 4.78 is 11.3. The van der Waals surface area contributed by atoms with Crippen molar-refractivity contribution in [1.82, 2.24) is 10.6 Å². The fourth-order valence-electron chi connectivity index (χ4n) is 3.65. The molecule has 1 aliphatic rings. The van der Waals surface area contributed by atoms with Crippen LogP contribution in [0.15, 0.2) is 35.3 Å². The van der Waals surface area contributed by atoms with E-state index in [-0.39, 0.29) is 29.4 Å². The van der Waals surface area contributed by atoms with Gasteiger partial charge in [-0.3, -0.25) is 4.99 Å². The van der Waals surface area contributed by atoms with Crippen LogP contribution in [0.4, 0.5) is 0 Å². The minimum absolute atomic E-state index is 0. The Hall–Kier alpha value is -0.860. The van der Waals surface area contributed by atoms with Crippen LogP contribution in [0.2, 0.25) is 0 Å². The Labute approximate surface area is 188 Å². The number of benzene rings is 1. The van der Waals surface area contributed by atoms with Gasteiger partial charge in [0.15, 0.2) is 5.96 Å². The first-order valence-corrected chi connectivity index (χ1v) is 10.4. The second kappa shape index (κ2) is 14.2. The molecule has 0 aromatic heterocycles. The standard InChI is InChI=1S/C22H37N3O2.HI/c1-4-22(5-2,19-10-7-6-8-11-19)18-25-21(23-3)24-14-9-15-27-20-12-16-26-17-13-20;/h6-8,10-11,20H,4-5,9,12-18H2,1-3H3,(H2,23,24,25);1H. The maximum absolute atomic E-state index is 5.92. The van der Waals surface area contributed by atoms with E-state index >= 15 is 0 Å². The fraction of sp³-hybridized carbons (Fsp3) is 0.682. The van der Waals surface area contributed by atoms with Crippen LogP contribution in [-0.4, -0.2) is 52.0 Å². The Morgan fingerprint density at radius 1 is 1.14 bits per heavy atom. The van der Waals surface area contributed by atoms with Crippen molar-refractivity contribution in [3.8, 4) is 0 Å². The van der Waals surface area contributed by atoms with Crippen LogP contribution in [0.3, 0.4) is 0 Å². The average Bonchev–Trinajstić information content (AvgIpc) is 2.74. The maximum atomic E-state index is 5.92. The number of nitrogens with one attached hydrogen (secondary N) is 2. The van der Waals surface area contributed by atoms with Gasteiger partial charge in [0.05, 0.1) is 6.10 Å². The number of halogens is 1. The van der Waals surface area contributed by atoms with Crippen molar-refractivity contribution in [3.63, 3.8) is 0 Å². The van der Waals surface area contributed by atoms with E-state index in [0.717, 1.165) is 71.0 Å². The van der Waals surface area contributed by atoms with Crippen LogP contribution in [0.5, 0.6) is 0 Å². The first-order chi connectivity index (χ1) is 13.2. The van der Waals surface area contributed by atoms with Gasteiger partial charge >= 0.3 is 0 Å². The highest BCUT2D eigenvalue weighted by atomic mass is 127. The van der Waals surface area contributed by atoms with E-state index in [1.807, 2.05) is 7.05 Å². The number of nitrogens with zero attached hydrogens (tertiary/aromatic N) is 1. The van der Waals surface area contributed by atoms with Crippen molar-refractivity contribution in [2.75, 3.05) is 40.0 Å². The van der Waals surface area contributed by atoms with Crippen LogP contribution < -0.4 is 10.6 Å². The summed E-state index contributed by atoms with van der Waals surface area (Å²) >= 11 is 0. The molecule has 0 saturated carbocycles. The molecule has 5 nitrogen and oxygen atoms in total. The van der Waals surface area contributed by atoms with Crippen molar-refractivity contribution < 1.29 is 9.47 Å². The molecule has 0 unspecified atom stereocenters. The molecule has 0 spiro atoms. The molecule has 0 aliphatic carbocycles. The summed E-state index contributed by atoms with van der Waals surface area (Å²) in [4.78, 5) is 4.38. The molecular formula is C22H38IN3O2. The topological polar surface area (TPSA) is 54.9 Å². The van der Waals surface area contributed by atoms with Crippen molar-refractivity contribution in [1.29, 1.82) is 0 Å². The van der Waals surface area contributed by atoms with Crippen LogP contribution in [0, 0.1) is 0 Å². The molecule has 0 radical (unpaired) electrons. The quantitative estimate of drug-likeness (QED) is 0.219. The third-order valence-electron chi connectivity index (χ3n) is 5.69. The minimum atomic E-state index is 0. The summed E-state index contributed by atoms with van der Waals surface area (Å²) in [5.41, 5.74) is 1.52. The van der Waals surface area contributed by atoms with Gasteiger partial charge in [-0.05, 0) is 37.7 Å². The molecule has 1 aromatic carbocycles. The van der Waals surface area contributed by atoms with E-state index < -0.39 is 0 Å². The molecule has 0 amide bonds. The second-order valence-corrected chi connectivity index (χ2v) is 7.24. The summed E-state index contributed by atoms with van der Waals surface area (Å²) in [6, 6.07) is 10.8. The maximum Gasteiger partial charge on any atom is 0.191 e. The Kier molecular flexibility index (Phi) is 12.7. The van der Waals surface area contributed by atoms with E-state index in [0.29, 0.717) is 6.10 Å². The van der Waals surface area contributed by atoms with Gasteiger partial charge in [0, 0.05) is 45.4 Å². The fourth-order valence-corrected chi connectivity index (χ4v) is 3.65. The van der Waals surface area contributed by atoms with Gasteiger partial charge in [0.1, 0.15) is 0 Å². The monoisotopic (exact) mass is 503 g/mol. The molecule has 0 bridgehead atoms. The van der Waals surface area contributed by atoms with E-state index in [1.165, 1.54) is 5.56 Å². The van der Waals surface area contributed by atoms with Gasteiger partial charge in [-0.1, -0.05) is 44.2 Å². The molecular weight excluding hydrogens is 465 g/mol. The van der Waals surface area contributed by atoms with Crippen molar-refractivity contribution in [2.24, 2.45) is 4.99 Å². The number of hydrogen-bond acceptors (Lipinski definition) is 3. The average molecular weight is 503 g/mol. The van der Waals surface area contributed by atoms with Gasteiger partial charge in [-0.15, -0.1) is 24.0 Å². The Morgan fingerprint density at radius 2 is 1.82 bits per heavy atom. The summed E-state index contributed by atoms with van der Waals surface area (Å²) in [7, 11) is 1.83. The molecule has 1 saturated heterocycles. The molecule has 6 heteroatoms. The first-order valence-electron chi connectivity index (χ1n) is 10.4. The van der Waals surface area contributed by atoms with Crippen LogP contribution in [0.25, 0.3) is 0 Å². The Morgan fingerprint density at radius 3 is 2.43 bits per heavy atom. The Bertz CT molecular complexity index is 544. The molecule has 1 heterocycles. The van der Waals surface area contributed by atoms with E-state index in [4.69, 9.17) is 9.47 Å². The normalized spacial score (nSPS) is 15.8. The SMILES string of the molecule is CCC(CC)(CNC(=NC)NCCCOC1CCOCC1)c1ccccc1.I. The number of guanidine groups is 1. The van der Waals surface area contributed by atoms with E-state index in [1.54, 1.807) is 0 Å². The van der Waals surface area contributed by atoms with Gasteiger partial charge in [-0.25, -0.2) is 0 Å². The van der Waals surface area contributed by atoms with Crippen LogP contribution in [0.1, 0.15) is 51.5 Å². The third-order valence-corrected chi connectivity index (χ3v) is 5.69. The zero-order valence-corrected chi connectivity index (χ0v) is 20.0. The lowest BCUT2D eigenvalue weighted by Gasteiger charge is -2.33. The smallest absolute Gasteiger partial charge is 0.191 e. The first kappa shape index (κ1) is 25.2. The van der Waals surface area contributed by atoms with E-state index in [2.05, 4.69) is 59.8 Å². The predicted molar refractivity (Wildman–Crippen MR) is 128 cm³/mol. The van der Waals surface area contributed by atoms with Crippen molar-refractivity contribution in [2.45, 2.75) is 57.5 Å². The van der Waals surface area contributed by atoms with Gasteiger partial charge < -0.3 is 20.1 Å². The molecule has 1 aromatic rings. The molecule has 1 fully saturated rings. The second-order valence-electron chi connectivity index (χ2n) is 7.24. The molecule has 28 heavy (non-hydrogen) atoms. The third kappa shape index (κ3) is 7.87. The predicted octanol–water partition coefficient (Wildman–Crippen LogP) is 4.11. The molecule has 2 N–H and O–H groups in total. The van der Waals surface area contributed by atoms with Crippen molar-refractivity contribution >= 4 is 29.9 Å². The van der Waals surface area contributed by atoms with Gasteiger partial charge in [0.25, 0.3) is 0 Å². The largest absolute Gasteiger partial charge is 0.381 e. The van der Waals surface area contributed by atoms with Crippen LogP contribution in [-0.2, 0) is 14.9 Å². The molecule has 2 rings (SSSR count). The highest BCUT2D eigenvalue weighted by Gasteiger charge is 2.28. The van der Waals surface area contributed by atoms with Gasteiger partial charge in [-0.2, -0.15) is 0 Å². The zero-order valence-electron chi connectivity index (χ0n) is 17.7. The number of hydrogen-bond donors (Lipinski definition) is 2. The Balaban J connectivity index is 0.00000392. The lowest BCUT2D eigenvalue weighted by atomic mass is 9.76. The lowest BCUT2D eigenvalue weighted by molar-refractivity contribution is -0.0320. The minimum Gasteiger partial charge on any atom is -0.381 e. The molecule has 1 aliphatic heterocycles. The number of rotatable bonds is 10. The summed E-state index contributed by atoms with van der Waals surface area (Å²) in [5, 5.41) is 6.95. The number of ether oxygens (including phenoxy) is 2. The summed E-state index contributed by atoms with van der Waals surface area (Å²) in [5.74, 6) is 0.864.